The first-order chi connectivity index (χ1) is 13.6. The second kappa shape index (κ2) is 9.57. The second-order valence-corrected chi connectivity index (χ2v) is 7.26. The Kier molecular flexibility index (Phi) is 6.90. The molecule has 0 radical (unpaired) electrons. The normalized spacial score (nSPS) is 17.8. The molecule has 0 saturated carbocycles. The largest absolute Gasteiger partial charge is 0.450 e. The Bertz CT molecular complexity index is 688. The van der Waals surface area contributed by atoms with Gasteiger partial charge in [0.25, 0.3) is 11.8 Å². The fraction of sp³-hybridized carbons (Fsp3) is 0.571. The van der Waals surface area contributed by atoms with Crippen LogP contribution < -0.4 is 0 Å². The van der Waals surface area contributed by atoms with E-state index in [0.717, 1.165) is 25.9 Å². The highest BCUT2D eigenvalue weighted by molar-refractivity contribution is 5.98. The molecular weight excluding hydrogens is 358 g/mol. The van der Waals surface area contributed by atoms with Crippen LogP contribution in [0.3, 0.4) is 0 Å². The molecule has 3 amide bonds. The molecule has 2 saturated heterocycles. The summed E-state index contributed by atoms with van der Waals surface area (Å²) in [6, 6.07) is 6.95. The third-order valence-electron chi connectivity index (χ3n) is 5.36. The highest BCUT2D eigenvalue weighted by Gasteiger charge is 2.26. The lowest BCUT2D eigenvalue weighted by molar-refractivity contribution is 0.0570. The number of nitrogens with zero attached hydrogens (tertiary/aromatic N) is 3. The third kappa shape index (κ3) is 4.82. The van der Waals surface area contributed by atoms with Crippen molar-refractivity contribution in [3.05, 3.63) is 35.4 Å². The molecule has 0 aromatic heterocycles. The first-order valence-electron chi connectivity index (χ1n) is 10.2. The molecule has 0 spiro atoms. The maximum Gasteiger partial charge on any atom is 0.409 e. The zero-order valence-electron chi connectivity index (χ0n) is 16.6. The molecule has 0 N–H and O–H groups in total. The van der Waals surface area contributed by atoms with E-state index in [1.54, 1.807) is 41.0 Å². The number of hydrogen-bond acceptors (Lipinski definition) is 4. The lowest BCUT2D eigenvalue weighted by Gasteiger charge is -2.34. The van der Waals surface area contributed by atoms with E-state index < -0.39 is 0 Å². The number of piperazine rings is 1. The van der Waals surface area contributed by atoms with E-state index in [4.69, 9.17) is 4.74 Å². The average Bonchev–Trinajstić information content (AvgIpc) is 3.03. The summed E-state index contributed by atoms with van der Waals surface area (Å²) < 4.78 is 5.00. The van der Waals surface area contributed by atoms with E-state index >= 15 is 0 Å². The minimum atomic E-state index is -0.328. The van der Waals surface area contributed by atoms with Gasteiger partial charge in [-0.15, -0.1) is 0 Å². The number of hydrogen-bond donors (Lipinski definition) is 0. The standard InChI is InChI=1S/C21H29N3O4/c1-2-28-21(27)24-15-13-23(14-16-24)20(26)18-9-7-17(8-10-18)19(25)22-11-5-3-4-6-12-22/h7-10H,2-6,11-16H2,1H3. The van der Waals surface area contributed by atoms with E-state index in [-0.39, 0.29) is 17.9 Å². The predicted molar refractivity (Wildman–Crippen MR) is 105 cm³/mol. The highest BCUT2D eigenvalue weighted by atomic mass is 16.6. The summed E-state index contributed by atoms with van der Waals surface area (Å²) in [7, 11) is 0. The number of carbonyl (C=O) groups excluding carboxylic acids is 3. The molecule has 2 heterocycles. The van der Waals surface area contributed by atoms with Crippen molar-refractivity contribution < 1.29 is 19.1 Å². The van der Waals surface area contributed by atoms with Crippen LogP contribution in [-0.2, 0) is 4.74 Å². The van der Waals surface area contributed by atoms with Gasteiger partial charge in [-0.1, -0.05) is 12.8 Å². The molecule has 1 aromatic rings. The SMILES string of the molecule is CCOC(=O)N1CCN(C(=O)c2ccc(C(=O)N3CCCCCC3)cc2)CC1. The van der Waals surface area contributed by atoms with Gasteiger partial charge in [-0.25, -0.2) is 4.79 Å². The van der Waals surface area contributed by atoms with Crippen LogP contribution in [0, 0.1) is 0 Å². The summed E-state index contributed by atoms with van der Waals surface area (Å²) in [5.74, 6) is -0.0266. The molecule has 2 aliphatic rings. The minimum Gasteiger partial charge on any atom is -0.450 e. The third-order valence-corrected chi connectivity index (χ3v) is 5.36. The van der Waals surface area contributed by atoms with Crippen LogP contribution in [0.2, 0.25) is 0 Å². The Labute approximate surface area is 166 Å². The molecule has 152 valence electrons. The molecule has 0 unspecified atom stereocenters. The molecule has 0 atom stereocenters. The Morgan fingerprint density at radius 1 is 0.714 bits per heavy atom. The molecule has 0 aliphatic carbocycles. The first-order valence-corrected chi connectivity index (χ1v) is 10.2. The zero-order chi connectivity index (χ0) is 19.9. The lowest BCUT2D eigenvalue weighted by atomic mass is 10.1. The van der Waals surface area contributed by atoms with Gasteiger partial charge in [0.1, 0.15) is 0 Å². The van der Waals surface area contributed by atoms with Crippen molar-refractivity contribution in [3.8, 4) is 0 Å². The smallest absolute Gasteiger partial charge is 0.409 e. The summed E-state index contributed by atoms with van der Waals surface area (Å²) >= 11 is 0. The number of likely N-dealkylation sites (tertiary alicyclic amines) is 1. The van der Waals surface area contributed by atoms with Crippen molar-refractivity contribution in [2.24, 2.45) is 0 Å². The topological polar surface area (TPSA) is 70.2 Å². The Balaban J connectivity index is 1.56. The van der Waals surface area contributed by atoms with E-state index in [0.29, 0.717) is 43.9 Å². The molecule has 7 heteroatoms. The maximum atomic E-state index is 12.7. The summed E-state index contributed by atoms with van der Waals surface area (Å²) in [5.41, 5.74) is 1.20. The molecule has 1 aromatic carbocycles. The Hall–Kier alpha value is -2.57. The molecule has 28 heavy (non-hydrogen) atoms. The minimum absolute atomic E-state index is 0.0453. The fourth-order valence-corrected chi connectivity index (χ4v) is 3.70. The summed E-state index contributed by atoms with van der Waals surface area (Å²) in [5, 5.41) is 0. The van der Waals surface area contributed by atoms with Crippen LogP contribution in [0.25, 0.3) is 0 Å². The van der Waals surface area contributed by atoms with Crippen molar-refractivity contribution in [3.63, 3.8) is 0 Å². The van der Waals surface area contributed by atoms with Crippen LogP contribution in [0.5, 0.6) is 0 Å². The van der Waals surface area contributed by atoms with Gasteiger partial charge in [0, 0.05) is 50.4 Å². The van der Waals surface area contributed by atoms with Crippen molar-refractivity contribution in [1.82, 2.24) is 14.7 Å². The summed E-state index contributed by atoms with van der Waals surface area (Å²) in [6.07, 6.45) is 4.15. The molecule has 2 aliphatic heterocycles. The molecule has 2 fully saturated rings. The number of benzene rings is 1. The molecule has 3 rings (SSSR count). The number of rotatable bonds is 3. The molecule has 0 bridgehead atoms. The van der Waals surface area contributed by atoms with Crippen LogP contribution in [0.1, 0.15) is 53.3 Å². The Morgan fingerprint density at radius 3 is 1.61 bits per heavy atom. The van der Waals surface area contributed by atoms with Gasteiger partial charge in [0.15, 0.2) is 0 Å². The summed E-state index contributed by atoms with van der Waals surface area (Å²) in [6.45, 7) is 5.64. The fourth-order valence-electron chi connectivity index (χ4n) is 3.70. The van der Waals surface area contributed by atoms with Crippen LogP contribution >= 0.6 is 0 Å². The van der Waals surface area contributed by atoms with Gasteiger partial charge in [0.2, 0.25) is 0 Å². The zero-order valence-corrected chi connectivity index (χ0v) is 16.6. The van der Waals surface area contributed by atoms with Crippen molar-refractivity contribution in [2.45, 2.75) is 32.6 Å². The maximum absolute atomic E-state index is 12.7. The van der Waals surface area contributed by atoms with Gasteiger partial charge in [0.05, 0.1) is 6.61 Å². The van der Waals surface area contributed by atoms with Gasteiger partial charge in [-0.05, 0) is 44.0 Å². The second-order valence-electron chi connectivity index (χ2n) is 7.26. The van der Waals surface area contributed by atoms with Gasteiger partial charge in [-0.2, -0.15) is 0 Å². The van der Waals surface area contributed by atoms with Gasteiger partial charge < -0.3 is 19.4 Å². The lowest BCUT2D eigenvalue weighted by Crippen LogP contribution is -2.50. The van der Waals surface area contributed by atoms with E-state index in [9.17, 15) is 14.4 Å². The van der Waals surface area contributed by atoms with Crippen LogP contribution in [-0.4, -0.2) is 78.5 Å². The van der Waals surface area contributed by atoms with Crippen LogP contribution in [0.15, 0.2) is 24.3 Å². The monoisotopic (exact) mass is 387 g/mol. The van der Waals surface area contributed by atoms with E-state index in [2.05, 4.69) is 0 Å². The average molecular weight is 387 g/mol. The van der Waals surface area contributed by atoms with Crippen LogP contribution in [0.4, 0.5) is 4.79 Å². The van der Waals surface area contributed by atoms with Crippen molar-refractivity contribution >= 4 is 17.9 Å². The van der Waals surface area contributed by atoms with Crippen molar-refractivity contribution in [1.29, 1.82) is 0 Å². The first kappa shape index (κ1) is 20.2. The summed E-state index contributed by atoms with van der Waals surface area (Å²) in [4.78, 5) is 42.4. The number of ether oxygens (including phenoxy) is 1. The quantitative estimate of drug-likeness (QED) is 0.799. The van der Waals surface area contributed by atoms with Gasteiger partial charge >= 0.3 is 6.09 Å². The number of amides is 3. The number of carbonyl (C=O) groups is 3. The van der Waals surface area contributed by atoms with E-state index in [1.807, 2.05) is 4.90 Å². The van der Waals surface area contributed by atoms with Gasteiger partial charge in [-0.3, -0.25) is 9.59 Å². The highest BCUT2D eigenvalue weighted by Crippen LogP contribution is 2.15. The molecule has 7 nitrogen and oxygen atoms in total. The molecular formula is C21H29N3O4. The predicted octanol–water partition coefficient (Wildman–Crippen LogP) is 2.62. The van der Waals surface area contributed by atoms with Crippen molar-refractivity contribution in [2.75, 3.05) is 45.9 Å². The Morgan fingerprint density at radius 2 is 1.14 bits per heavy atom. The van der Waals surface area contributed by atoms with E-state index in [1.165, 1.54) is 12.8 Å².